The second kappa shape index (κ2) is 4.99. The standard InChI is InChI=1S/C22H21N/c1-22(2)19-14-8-7-12-17(19)18-13-9-15-20(21(18)22)23(3)16-10-5-4-6-11-16/h4-15H,1-3H3. The van der Waals surface area contributed by atoms with Crippen molar-refractivity contribution in [3.63, 3.8) is 0 Å². The fourth-order valence-electron chi connectivity index (χ4n) is 3.89. The summed E-state index contributed by atoms with van der Waals surface area (Å²) in [5, 5.41) is 0. The van der Waals surface area contributed by atoms with Gasteiger partial charge in [-0.15, -0.1) is 0 Å². The van der Waals surface area contributed by atoms with Gasteiger partial charge in [0.25, 0.3) is 0 Å². The molecule has 1 heteroatoms. The molecule has 0 atom stereocenters. The molecule has 0 aliphatic heterocycles. The Morgan fingerprint density at radius 3 is 2.13 bits per heavy atom. The molecular weight excluding hydrogens is 278 g/mol. The third kappa shape index (κ3) is 2.00. The lowest BCUT2D eigenvalue weighted by Gasteiger charge is -2.29. The Kier molecular flexibility index (Phi) is 3.05. The summed E-state index contributed by atoms with van der Waals surface area (Å²) in [6.07, 6.45) is 0. The van der Waals surface area contributed by atoms with E-state index in [1.807, 2.05) is 0 Å². The van der Waals surface area contributed by atoms with Gasteiger partial charge in [-0.25, -0.2) is 0 Å². The van der Waals surface area contributed by atoms with Crippen LogP contribution in [-0.2, 0) is 5.41 Å². The molecule has 0 unspecified atom stereocenters. The maximum atomic E-state index is 2.33. The number of hydrogen-bond acceptors (Lipinski definition) is 1. The third-order valence-electron chi connectivity index (χ3n) is 5.06. The summed E-state index contributed by atoms with van der Waals surface area (Å²) in [6.45, 7) is 4.67. The van der Waals surface area contributed by atoms with Gasteiger partial charge in [0.1, 0.15) is 0 Å². The van der Waals surface area contributed by atoms with Crippen LogP contribution < -0.4 is 4.90 Å². The zero-order chi connectivity index (χ0) is 16.0. The Bertz CT molecular complexity index is 862. The first-order valence-electron chi connectivity index (χ1n) is 8.13. The minimum Gasteiger partial charge on any atom is -0.344 e. The molecule has 0 fully saturated rings. The van der Waals surface area contributed by atoms with E-state index in [0.29, 0.717) is 0 Å². The Balaban J connectivity index is 1.94. The molecule has 1 aliphatic carbocycles. The van der Waals surface area contributed by atoms with E-state index >= 15 is 0 Å². The largest absolute Gasteiger partial charge is 0.344 e. The van der Waals surface area contributed by atoms with E-state index in [0.717, 1.165) is 0 Å². The van der Waals surface area contributed by atoms with Crippen molar-refractivity contribution in [2.45, 2.75) is 19.3 Å². The van der Waals surface area contributed by atoms with Gasteiger partial charge in [0, 0.05) is 23.8 Å². The summed E-state index contributed by atoms with van der Waals surface area (Å²) in [7, 11) is 2.16. The van der Waals surface area contributed by atoms with Crippen LogP contribution in [0.2, 0.25) is 0 Å². The molecule has 0 aromatic heterocycles. The highest BCUT2D eigenvalue weighted by atomic mass is 15.1. The van der Waals surface area contributed by atoms with Crippen LogP contribution in [0.15, 0.2) is 72.8 Å². The van der Waals surface area contributed by atoms with Gasteiger partial charge in [0.05, 0.1) is 0 Å². The molecule has 0 heterocycles. The lowest BCUT2D eigenvalue weighted by Crippen LogP contribution is -2.20. The lowest BCUT2D eigenvalue weighted by molar-refractivity contribution is 0.660. The van der Waals surface area contributed by atoms with Crippen LogP contribution >= 0.6 is 0 Å². The number of anilines is 2. The maximum Gasteiger partial charge on any atom is 0.0455 e. The minimum absolute atomic E-state index is 0.0194. The average Bonchev–Trinajstić information content (AvgIpc) is 2.84. The van der Waals surface area contributed by atoms with E-state index in [9.17, 15) is 0 Å². The minimum atomic E-state index is 0.0194. The van der Waals surface area contributed by atoms with Crippen molar-refractivity contribution in [1.29, 1.82) is 0 Å². The molecule has 0 saturated heterocycles. The molecule has 1 nitrogen and oxygen atoms in total. The quantitative estimate of drug-likeness (QED) is 0.581. The molecule has 3 aromatic carbocycles. The number of nitrogens with zero attached hydrogens (tertiary/aromatic N) is 1. The van der Waals surface area contributed by atoms with Gasteiger partial charge >= 0.3 is 0 Å². The fourth-order valence-corrected chi connectivity index (χ4v) is 3.89. The van der Waals surface area contributed by atoms with Crippen molar-refractivity contribution in [2.75, 3.05) is 11.9 Å². The first kappa shape index (κ1) is 14.1. The highest BCUT2D eigenvalue weighted by molar-refractivity contribution is 5.87. The van der Waals surface area contributed by atoms with Crippen molar-refractivity contribution in [2.24, 2.45) is 0 Å². The van der Waals surface area contributed by atoms with Crippen molar-refractivity contribution in [3.05, 3.63) is 83.9 Å². The van der Waals surface area contributed by atoms with Gasteiger partial charge in [-0.3, -0.25) is 0 Å². The molecule has 1 aliphatic rings. The molecule has 0 bridgehead atoms. The summed E-state index contributed by atoms with van der Waals surface area (Å²) in [6, 6.07) is 26.0. The Labute approximate surface area is 138 Å². The van der Waals surface area contributed by atoms with Crippen LogP contribution in [0, 0.1) is 0 Å². The van der Waals surface area contributed by atoms with Gasteiger partial charge in [-0.05, 0) is 40.5 Å². The molecule has 0 N–H and O–H groups in total. The van der Waals surface area contributed by atoms with E-state index in [2.05, 4.69) is 98.6 Å². The molecule has 23 heavy (non-hydrogen) atoms. The topological polar surface area (TPSA) is 3.24 Å². The smallest absolute Gasteiger partial charge is 0.0455 e. The molecule has 0 saturated carbocycles. The van der Waals surface area contributed by atoms with Crippen LogP contribution in [0.25, 0.3) is 11.1 Å². The third-order valence-corrected chi connectivity index (χ3v) is 5.06. The molecule has 4 rings (SSSR count). The van der Waals surface area contributed by atoms with Gasteiger partial charge < -0.3 is 4.90 Å². The summed E-state index contributed by atoms with van der Waals surface area (Å²) < 4.78 is 0. The SMILES string of the molecule is CN(c1ccccc1)c1cccc2c1C(C)(C)c1ccccc1-2. The predicted octanol–water partition coefficient (Wildman–Crippen LogP) is 5.76. The average molecular weight is 299 g/mol. The summed E-state index contributed by atoms with van der Waals surface area (Å²) in [5.74, 6) is 0. The van der Waals surface area contributed by atoms with E-state index in [-0.39, 0.29) is 5.41 Å². The maximum absolute atomic E-state index is 2.33. The van der Waals surface area contributed by atoms with Crippen molar-refractivity contribution >= 4 is 11.4 Å². The van der Waals surface area contributed by atoms with Crippen molar-refractivity contribution in [3.8, 4) is 11.1 Å². The summed E-state index contributed by atoms with van der Waals surface area (Å²) in [5.41, 5.74) is 8.10. The Morgan fingerprint density at radius 1 is 0.696 bits per heavy atom. The summed E-state index contributed by atoms with van der Waals surface area (Å²) >= 11 is 0. The first-order valence-corrected chi connectivity index (χ1v) is 8.13. The van der Waals surface area contributed by atoms with Gasteiger partial charge in [-0.2, -0.15) is 0 Å². The summed E-state index contributed by atoms with van der Waals surface area (Å²) in [4.78, 5) is 2.30. The number of fused-ring (bicyclic) bond motifs is 3. The molecule has 0 radical (unpaired) electrons. The second-order valence-corrected chi connectivity index (χ2v) is 6.76. The van der Waals surface area contributed by atoms with E-state index < -0.39 is 0 Å². The molecular formula is C22H21N. The second-order valence-electron chi connectivity index (χ2n) is 6.76. The highest BCUT2D eigenvalue weighted by Crippen LogP contribution is 2.52. The predicted molar refractivity (Wildman–Crippen MR) is 98.5 cm³/mol. The van der Waals surface area contributed by atoms with E-state index in [1.54, 1.807) is 0 Å². The lowest BCUT2D eigenvalue weighted by atomic mass is 9.81. The van der Waals surface area contributed by atoms with Crippen LogP contribution in [-0.4, -0.2) is 7.05 Å². The Morgan fingerprint density at radius 2 is 1.35 bits per heavy atom. The first-order chi connectivity index (χ1) is 11.1. The number of benzene rings is 3. The highest BCUT2D eigenvalue weighted by Gasteiger charge is 2.37. The molecule has 0 spiro atoms. The molecule has 114 valence electrons. The molecule has 0 amide bonds. The van der Waals surface area contributed by atoms with Crippen LogP contribution in [0.5, 0.6) is 0 Å². The molecule has 3 aromatic rings. The van der Waals surface area contributed by atoms with Crippen molar-refractivity contribution in [1.82, 2.24) is 0 Å². The number of rotatable bonds is 2. The van der Waals surface area contributed by atoms with Crippen LogP contribution in [0.4, 0.5) is 11.4 Å². The number of para-hydroxylation sites is 1. The zero-order valence-electron chi connectivity index (χ0n) is 13.9. The van der Waals surface area contributed by atoms with Crippen LogP contribution in [0.1, 0.15) is 25.0 Å². The fraction of sp³-hybridized carbons (Fsp3) is 0.182. The van der Waals surface area contributed by atoms with Gasteiger partial charge in [0.2, 0.25) is 0 Å². The van der Waals surface area contributed by atoms with Gasteiger partial charge in [-0.1, -0.05) is 68.4 Å². The normalized spacial score (nSPS) is 14.2. The number of hydrogen-bond donors (Lipinski definition) is 0. The van der Waals surface area contributed by atoms with Crippen molar-refractivity contribution < 1.29 is 0 Å². The van der Waals surface area contributed by atoms with Gasteiger partial charge in [0.15, 0.2) is 0 Å². The Hall–Kier alpha value is -2.54. The monoisotopic (exact) mass is 299 g/mol. The zero-order valence-corrected chi connectivity index (χ0v) is 13.9. The van der Waals surface area contributed by atoms with E-state index in [1.165, 1.54) is 33.6 Å². The van der Waals surface area contributed by atoms with E-state index in [4.69, 9.17) is 0 Å². The van der Waals surface area contributed by atoms with Crippen LogP contribution in [0.3, 0.4) is 0 Å².